The second-order valence-corrected chi connectivity index (χ2v) is 5.52. The van der Waals surface area contributed by atoms with E-state index in [1.165, 1.54) is 5.69 Å². The Kier molecular flexibility index (Phi) is 4.93. The standard InChI is InChI=1S/C14H24N2O2/c1-6-11-10-15-12(16(11)5)8-7-9-13(17)18-14(2,3)4/h10H,6-9H2,1-5H3. The molecule has 0 bridgehead atoms. The smallest absolute Gasteiger partial charge is 0.306 e. The van der Waals surface area contributed by atoms with Crippen LogP contribution in [0, 0.1) is 0 Å². The molecule has 0 amide bonds. The molecule has 0 unspecified atom stereocenters. The maximum atomic E-state index is 11.5. The summed E-state index contributed by atoms with van der Waals surface area (Å²) in [6.07, 6.45) is 4.93. The van der Waals surface area contributed by atoms with Gasteiger partial charge in [-0.3, -0.25) is 4.79 Å². The number of esters is 1. The van der Waals surface area contributed by atoms with Crippen LogP contribution in [0.2, 0.25) is 0 Å². The maximum Gasteiger partial charge on any atom is 0.306 e. The van der Waals surface area contributed by atoms with Crippen LogP contribution < -0.4 is 0 Å². The van der Waals surface area contributed by atoms with Crippen LogP contribution in [0.3, 0.4) is 0 Å². The molecule has 0 aliphatic carbocycles. The first-order valence-electron chi connectivity index (χ1n) is 6.55. The molecular formula is C14H24N2O2. The topological polar surface area (TPSA) is 44.1 Å². The number of nitrogens with zero attached hydrogens (tertiary/aromatic N) is 2. The van der Waals surface area contributed by atoms with Crippen LogP contribution in [-0.4, -0.2) is 21.1 Å². The summed E-state index contributed by atoms with van der Waals surface area (Å²) in [7, 11) is 2.02. The highest BCUT2D eigenvalue weighted by atomic mass is 16.6. The number of carbonyl (C=O) groups is 1. The Labute approximate surface area is 109 Å². The van der Waals surface area contributed by atoms with Crippen LogP contribution in [0.15, 0.2) is 6.20 Å². The van der Waals surface area contributed by atoms with Gasteiger partial charge in [0, 0.05) is 31.8 Å². The van der Waals surface area contributed by atoms with Crippen molar-refractivity contribution in [1.29, 1.82) is 0 Å². The first kappa shape index (κ1) is 14.7. The van der Waals surface area contributed by atoms with Gasteiger partial charge in [-0.1, -0.05) is 6.92 Å². The number of ether oxygens (including phenoxy) is 1. The van der Waals surface area contributed by atoms with Crippen LogP contribution in [0.5, 0.6) is 0 Å². The predicted molar refractivity (Wildman–Crippen MR) is 71.4 cm³/mol. The SMILES string of the molecule is CCc1cnc(CCCC(=O)OC(C)(C)C)n1C. The molecule has 1 rings (SSSR count). The number of imidazole rings is 1. The Morgan fingerprint density at radius 2 is 2.11 bits per heavy atom. The Morgan fingerprint density at radius 1 is 1.44 bits per heavy atom. The summed E-state index contributed by atoms with van der Waals surface area (Å²) in [5.41, 5.74) is 0.831. The Hall–Kier alpha value is -1.32. The third-order valence-corrected chi connectivity index (χ3v) is 2.74. The van der Waals surface area contributed by atoms with Gasteiger partial charge >= 0.3 is 5.97 Å². The minimum absolute atomic E-state index is 0.132. The Balaban J connectivity index is 2.38. The lowest BCUT2D eigenvalue weighted by Crippen LogP contribution is -2.23. The lowest BCUT2D eigenvalue weighted by Gasteiger charge is -2.19. The molecule has 102 valence electrons. The van der Waals surface area contributed by atoms with Gasteiger partial charge in [-0.05, 0) is 33.6 Å². The van der Waals surface area contributed by atoms with Crippen molar-refractivity contribution >= 4 is 5.97 Å². The number of aryl methyl sites for hydroxylation is 2. The van der Waals surface area contributed by atoms with E-state index in [4.69, 9.17) is 4.74 Å². The molecule has 1 aromatic heterocycles. The molecule has 0 atom stereocenters. The van der Waals surface area contributed by atoms with E-state index in [9.17, 15) is 4.79 Å². The second-order valence-electron chi connectivity index (χ2n) is 5.52. The van der Waals surface area contributed by atoms with Gasteiger partial charge in [-0.2, -0.15) is 0 Å². The first-order valence-corrected chi connectivity index (χ1v) is 6.55. The van der Waals surface area contributed by atoms with Crippen LogP contribution in [0.1, 0.15) is 52.1 Å². The molecular weight excluding hydrogens is 228 g/mol. The van der Waals surface area contributed by atoms with Crippen LogP contribution in [0.4, 0.5) is 0 Å². The average Bonchev–Trinajstić information content (AvgIpc) is 2.57. The molecule has 0 radical (unpaired) electrons. The van der Waals surface area contributed by atoms with Crippen molar-refractivity contribution in [3.63, 3.8) is 0 Å². The molecule has 18 heavy (non-hydrogen) atoms. The molecule has 0 saturated carbocycles. The molecule has 0 N–H and O–H groups in total. The lowest BCUT2D eigenvalue weighted by molar-refractivity contribution is -0.154. The maximum absolute atomic E-state index is 11.5. The minimum Gasteiger partial charge on any atom is -0.460 e. The molecule has 4 heteroatoms. The summed E-state index contributed by atoms with van der Waals surface area (Å²) in [6.45, 7) is 7.77. The van der Waals surface area contributed by atoms with Crippen LogP contribution >= 0.6 is 0 Å². The molecule has 4 nitrogen and oxygen atoms in total. The summed E-state index contributed by atoms with van der Waals surface area (Å²) in [5.74, 6) is 0.905. The van der Waals surface area contributed by atoms with Crippen molar-refractivity contribution in [2.24, 2.45) is 7.05 Å². The van der Waals surface area contributed by atoms with E-state index >= 15 is 0 Å². The molecule has 0 spiro atoms. The van der Waals surface area contributed by atoms with E-state index in [0.717, 1.165) is 25.1 Å². The zero-order valence-electron chi connectivity index (χ0n) is 12.1. The number of hydrogen-bond donors (Lipinski definition) is 0. The van der Waals surface area contributed by atoms with Crippen molar-refractivity contribution in [1.82, 2.24) is 9.55 Å². The first-order chi connectivity index (χ1) is 8.33. The van der Waals surface area contributed by atoms with Crippen molar-refractivity contribution in [2.45, 2.75) is 59.0 Å². The summed E-state index contributed by atoms with van der Waals surface area (Å²) in [5, 5.41) is 0. The monoisotopic (exact) mass is 252 g/mol. The van der Waals surface area contributed by atoms with E-state index in [1.807, 2.05) is 34.0 Å². The summed E-state index contributed by atoms with van der Waals surface area (Å²) >= 11 is 0. The van der Waals surface area contributed by atoms with E-state index in [-0.39, 0.29) is 5.97 Å². The fraction of sp³-hybridized carbons (Fsp3) is 0.714. The normalized spacial score (nSPS) is 11.6. The van der Waals surface area contributed by atoms with E-state index in [0.29, 0.717) is 6.42 Å². The van der Waals surface area contributed by atoms with Gasteiger partial charge in [0.05, 0.1) is 0 Å². The second kappa shape index (κ2) is 6.03. The highest BCUT2D eigenvalue weighted by Gasteiger charge is 2.16. The third-order valence-electron chi connectivity index (χ3n) is 2.74. The summed E-state index contributed by atoms with van der Waals surface area (Å²) in [6, 6.07) is 0. The molecule has 1 aromatic rings. The fourth-order valence-corrected chi connectivity index (χ4v) is 1.83. The number of rotatable bonds is 5. The van der Waals surface area contributed by atoms with E-state index < -0.39 is 5.60 Å². The van der Waals surface area contributed by atoms with Crippen molar-refractivity contribution < 1.29 is 9.53 Å². The van der Waals surface area contributed by atoms with Gasteiger partial charge in [-0.25, -0.2) is 4.98 Å². The largest absolute Gasteiger partial charge is 0.460 e. The zero-order valence-corrected chi connectivity index (χ0v) is 12.1. The van der Waals surface area contributed by atoms with Gasteiger partial charge in [0.1, 0.15) is 11.4 Å². The molecule has 0 aliphatic rings. The molecule has 0 aromatic carbocycles. The van der Waals surface area contributed by atoms with Gasteiger partial charge < -0.3 is 9.30 Å². The predicted octanol–water partition coefficient (Wildman–Crippen LogP) is 2.65. The zero-order chi connectivity index (χ0) is 13.8. The number of aromatic nitrogens is 2. The van der Waals surface area contributed by atoms with Gasteiger partial charge in [-0.15, -0.1) is 0 Å². The Morgan fingerprint density at radius 3 is 2.61 bits per heavy atom. The average molecular weight is 252 g/mol. The van der Waals surface area contributed by atoms with Crippen LogP contribution in [-0.2, 0) is 29.4 Å². The van der Waals surface area contributed by atoms with Crippen molar-refractivity contribution in [3.05, 3.63) is 17.7 Å². The number of hydrogen-bond acceptors (Lipinski definition) is 3. The van der Waals surface area contributed by atoms with Crippen molar-refractivity contribution in [3.8, 4) is 0 Å². The third kappa shape index (κ3) is 4.51. The minimum atomic E-state index is -0.393. The summed E-state index contributed by atoms with van der Waals surface area (Å²) in [4.78, 5) is 15.9. The van der Waals surface area contributed by atoms with Gasteiger partial charge in [0.25, 0.3) is 0 Å². The van der Waals surface area contributed by atoms with Crippen molar-refractivity contribution in [2.75, 3.05) is 0 Å². The highest BCUT2D eigenvalue weighted by Crippen LogP contribution is 2.11. The van der Waals surface area contributed by atoms with Crippen LogP contribution in [0.25, 0.3) is 0 Å². The molecule has 1 heterocycles. The number of carbonyl (C=O) groups excluding carboxylic acids is 1. The fourth-order valence-electron chi connectivity index (χ4n) is 1.83. The molecule has 0 aliphatic heterocycles. The quantitative estimate of drug-likeness (QED) is 0.757. The summed E-state index contributed by atoms with van der Waals surface area (Å²) < 4.78 is 7.37. The Bertz CT molecular complexity index is 402. The molecule has 0 fully saturated rings. The van der Waals surface area contributed by atoms with Gasteiger partial charge in [0.2, 0.25) is 0 Å². The van der Waals surface area contributed by atoms with E-state index in [1.54, 1.807) is 0 Å². The van der Waals surface area contributed by atoms with E-state index in [2.05, 4.69) is 16.5 Å². The lowest BCUT2D eigenvalue weighted by atomic mass is 10.2. The molecule has 0 saturated heterocycles. The highest BCUT2D eigenvalue weighted by molar-refractivity contribution is 5.69. The van der Waals surface area contributed by atoms with Gasteiger partial charge in [0.15, 0.2) is 0 Å².